The number of nitrogens with one attached hydrogen (secondary N) is 1. The quantitative estimate of drug-likeness (QED) is 0.879. The van der Waals surface area contributed by atoms with Crippen LogP contribution in [-0.2, 0) is 0 Å². The van der Waals surface area contributed by atoms with Gasteiger partial charge in [0.25, 0.3) is 0 Å². The lowest BCUT2D eigenvalue weighted by atomic mass is 10.2. The second kappa shape index (κ2) is 5.78. The Morgan fingerprint density at radius 1 is 1.44 bits per heavy atom. The number of carbonyl (C=O) groups is 1. The summed E-state index contributed by atoms with van der Waals surface area (Å²) in [5, 5.41) is 12.8. The number of benzene rings is 1. The van der Waals surface area contributed by atoms with Crippen LogP contribution in [0.5, 0.6) is 0 Å². The minimum atomic E-state index is -0.218. The Kier molecular flexibility index (Phi) is 4.32. The lowest BCUT2D eigenvalue weighted by molar-refractivity contribution is 0.166. The van der Waals surface area contributed by atoms with E-state index in [9.17, 15) is 9.90 Å². The largest absolute Gasteiger partial charge is 0.394 e. The molecule has 1 unspecified atom stereocenters. The number of halogens is 2. The summed E-state index contributed by atoms with van der Waals surface area (Å²) >= 11 is 11.7. The first-order valence-corrected chi connectivity index (χ1v) is 6.51. The molecule has 18 heavy (non-hydrogen) atoms. The third-order valence-electron chi connectivity index (χ3n) is 3.02. The number of hydrogen-bond donors (Lipinski definition) is 2. The van der Waals surface area contributed by atoms with Crippen molar-refractivity contribution in [1.82, 2.24) is 4.90 Å². The van der Waals surface area contributed by atoms with Crippen LogP contribution in [0.2, 0.25) is 10.0 Å². The Balaban J connectivity index is 2.04. The molecule has 1 aliphatic rings. The highest BCUT2D eigenvalue weighted by Crippen LogP contribution is 2.26. The van der Waals surface area contributed by atoms with Gasteiger partial charge in [-0.3, -0.25) is 0 Å². The molecule has 2 rings (SSSR count). The van der Waals surface area contributed by atoms with Gasteiger partial charge >= 0.3 is 6.03 Å². The molecule has 0 saturated carbocycles. The van der Waals surface area contributed by atoms with Crippen molar-refractivity contribution in [3.63, 3.8) is 0 Å². The molecular weight excluding hydrogens is 275 g/mol. The summed E-state index contributed by atoms with van der Waals surface area (Å²) in [6.07, 6.45) is 1.76. The minimum Gasteiger partial charge on any atom is -0.394 e. The van der Waals surface area contributed by atoms with Crippen molar-refractivity contribution in [3.8, 4) is 0 Å². The summed E-state index contributed by atoms with van der Waals surface area (Å²) in [5.74, 6) is 0. The van der Waals surface area contributed by atoms with Crippen LogP contribution in [0.3, 0.4) is 0 Å². The van der Waals surface area contributed by atoms with Crippen molar-refractivity contribution in [2.45, 2.75) is 18.9 Å². The fraction of sp³-hybridized carbons (Fsp3) is 0.417. The van der Waals surface area contributed by atoms with Gasteiger partial charge in [-0.15, -0.1) is 0 Å². The molecule has 1 aromatic rings. The highest BCUT2D eigenvalue weighted by molar-refractivity contribution is 6.42. The number of hydrogen-bond acceptors (Lipinski definition) is 2. The van der Waals surface area contributed by atoms with Gasteiger partial charge in [0.05, 0.1) is 22.7 Å². The maximum absolute atomic E-state index is 12.0. The Bertz CT molecular complexity index is 454. The second-order valence-corrected chi connectivity index (χ2v) is 5.05. The van der Waals surface area contributed by atoms with E-state index in [1.54, 1.807) is 23.1 Å². The second-order valence-electron chi connectivity index (χ2n) is 4.23. The van der Waals surface area contributed by atoms with Crippen LogP contribution in [0.15, 0.2) is 18.2 Å². The number of carbonyl (C=O) groups excluding carboxylic acids is 1. The number of amides is 2. The zero-order valence-electron chi connectivity index (χ0n) is 9.70. The Hall–Kier alpha value is -0.970. The third kappa shape index (κ3) is 2.88. The van der Waals surface area contributed by atoms with Gasteiger partial charge in [-0.1, -0.05) is 23.2 Å². The van der Waals surface area contributed by atoms with Crippen LogP contribution in [0.1, 0.15) is 12.8 Å². The van der Waals surface area contributed by atoms with E-state index in [1.165, 1.54) is 0 Å². The predicted octanol–water partition coefficient (Wildman–Crippen LogP) is 2.98. The molecule has 6 heteroatoms. The highest BCUT2D eigenvalue weighted by atomic mass is 35.5. The van der Waals surface area contributed by atoms with E-state index < -0.39 is 0 Å². The summed E-state index contributed by atoms with van der Waals surface area (Å²) in [4.78, 5) is 13.6. The molecule has 2 amide bonds. The molecule has 2 N–H and O–H groups in total. The Morgan fingerprint density at radius 2 is 2.22 bits per heavy atom. The molecule has 0 aromatic heterocycles. The van der Waals surface area contributed by atoms with Crippen LogP contribution >= 0.6 is 23.2 Å². The van der Waals surface area contributed by atoms with Crippen molar-refractivity contribution in [2.24, 2.45) is 0 Å². The van der Waals surface area contributed by atoms with Crippen LogP contribution in [0, 0.1) is 0 Å². The lowest BCUT2D eigenvalue weighted by Gasteiger charge is -2.23. The summed E-state index contributed by atoms with van der Waals surface area (Å²) in [5.41, 5.74) is 0.595. The molecule has 98 valence electrons. The van der Waals surface area contributed by atoms with E-state index in [1.807, 2.05) is 0 Å². The van der Waals surface area contributed by atoms with Crippen molar-refractivity contribution < 1.29 is 9.90 Å². The maximum Gasteiger partial charge on any atom is 0.322 e. The van der Waals surface area contributed by atoms with Gasteiger partial charge in [0, 0.05) is 12.2 Å². The normalized spacial score (nSPS) is 19.1. The zero-order chi connectivity index (χ0) is 13.1. The van der Waals surface area contributed by atoms with Gasteiger partial charge < -0.3 is 15.3 Å². The number of urea groups is 1. The SMILES string of the molecule is O=C(Nc1ccc(Cl)c(Cl)c1)N1CCCC1CO. The third-order valence-corrected chi connectivity index (χ3v) is 3.76. The zero-order valence-corrected chi connectivity index (χ0v) is 11.2. The fourth-order valence-electron chi connectivity index (χ4n) is 2.06. The number of anilines is 1. The lowest BCUT2D eigenvalue weighted by Crippen LogP contribution is -2.40. The molecular formula is C12H14Cl2N2O2. The molecule has 0 bridgehead atoms. The summed E-state index contributed by atoms with van der Waals surface area (Å²) in [6, 6.07) is 4.62. The van der Waals surface area contributed by atoms with Crippen molar-refractivity contribution in [3.05, 3.63) is 28.2 Å². The van der Waals surface area contributed by atoms with E-state index in [4.69, 9.17) is 23.2 Å². The summed E-state index contributed by atoms with van der Waals surface area (Å²) in [6.45, 7) is 0.660. The van der Waals surface area contributed by atoms with Crippen LogP contribution < -0.4 is 5.32 Å². The first-order chi connectivity index (χ1) is 8.61. The van der Waals surface area contributed by atoms with E-state index >= 15 is 0 Å². The first-order valence-electron chi connectivity index (χ1n) is 5.75. The maximum atomic E-state index is 12.0. The molecule has 0 radical (unpaired) electrons. The van der Waals surface area contributed by atoms with E-state index in [2.05, 4.69) is 5.32 Å². The van der Waals surface area contributed by atoms with Gasteiger partial charge in [-0.25, -0.2) is 4.79 Å². The number of aliphatic hydroxyl groups excluding tert-OH is 1. The predicted molar refractivity (Wildman–Crippen MR) is 72.3 cm³/mol. The van der Waals surface area contributed by atoms with Crippen LogP contribution in [-0.4, -0.2) is 35.2 Å². The molecule has 0 spiro atoms. The smallest absolute Gasteiger partial charge is 0.322 e. The molecule has 1 saturated heterocycles. The first kappa shape index (κ1) is 13.5. The molecule has 4 nitrogen and oxygen atoms in total. The van der Waals surface area contributed by atoms with E-state index in [-0.39, 0.29) is 18.7 Å². The summed E-state index contributed by atoms with van der Waals surface area (Å²) in [7, 11) is 0. The monoisotopic (exact) mass is 288 g/mol. The van der Waals surface area contributed by atoms with Gasteiger partial charge in [0.2, 0.25) is 0 Å². The van der Waals surface area contributed by atoms with Gasteiger partial charge in [0.15, 0.2) is 0 Å². The Morgan fingerprint density at radius 3 is 2.89 bits per heavy atom. The molecule has 1 heterocycles. The average molecular weight is 289 g/mol. The summed E-state index contributed by atoms with van der Waals surface area (Å²) < 4.78 is 0. The molecule has 1 atom stereocenters. The molecule has 1 fully saturated rings. The van der Waals surface area contributed by atoms with Crippen LogP contribution in [0.4, 0.5) is 10.5 Å². The number of likely N-dealkylation sites (tertiary alicyclic amines) is 1. The molecule has 1 aromatic carbocycles. The van der Waals surface area contributed by atoms with Crippen molar-refractivity contribution >= 4 is 34.9 Å². The van der Waals surface area contributed by atoms with E-state index in [0.717, 1.165) is 12.8 Å². The van der Waals surface area contributed by atoms with Gasteiger partial charge in [-0.2, -0.15) is 0 Å². The number of nitrogens with zero attached hydrogens (tertiary/aromatic N) is 1. The topological polar surface area (TPSA) is 52.6 Å². The molecule has 1 aliphatic heterocycles. The van der Waals surface area contributed by atoms with Crippen molar-refractivity contribution in [2.75, 3.05) is 18.5 Å². The van der Waals surface area contributed by atoms with Gasteiger partial charge in [0.1, 0.15) is 0 Å². The fourth-order valence-corrected chi connectivity index (χ4v) is 2.36. The standard InChI is InChI=1S/C12H14Cl2N2O2/c13-10-4-3-8(6-11(10)14)15-12(18)16-5-1-2-9(16)7-17/h3-4,6,9,17H,1-2,5,7H2,(H,15,18). The number of rotatable bonds is 2. The van der Waals surface area contributed by atoms with Gasteiger partial charge in [-0.05, 0) is 31.0 Å². The van der Waals surface area contributed by atoms with E-state index in [0.29, 0.717) is 22.3 Å². The minimum absolute atomic E-state index is 0.00516. The Labute approximate surface area is 115 Å². The van der Waals surface area contributed by atoms with Crippen LogP contribution in [0.25, 0.3) is 0 Å². The number of aliphatic hydroxyl groups is 1. The van der Waals surface area contributed by atoms with Crippen molar-refractivity contribution in [1.29, 1.82) is 0 Å². The molecule has 0 aliphatic carbocycles. The highest BCUT2D eigenvalue weighted by Gasteiger charge is 2.27. The average Bonchev–Trinajstić information content (AvgIpc) is 2.82.